The number of carboxylic acids is 1. The largest absolute Gasteiger partial charge is 0.477 e. The molecule has 104 valence electrons. The van der Waals surface area contributed by atoms with Crippen LogP contribution in [-0.4, -0.2) is 32.5 Å². The molecule has 0 aliphatic carbocycles. The molecule has 2 aromatic rings. The Morgan fingerprint density at radius 2 is 2.10 bits per heavy atom. The van der Waals surface area contributed by atoms with Crippen molar-refractivity contribution in [1.29, 1.82) is 0 Å². The molecule has 0 radical (unpaired) electrons. The van der Waals surface area contributed by atoms with Crippen LogP contribution in [-0.2, 0) is 0 Å². The molecule has 0 bridgehead atoms. The summed E-state index contributed by atoms with van der Waals surface area (Å²) in [5.41, 5.74) is -0.765. The van der Waals surface area contributed by atoms with Gasteiger partial charge in [-0.3, -0.25) is 10.1 Å². The van der Waals surface area contributed by atoms with Gasteiger partial charge in [0.25, 0.3) is 5.69 Å². The number of aromatic nitrogens is 2. The van der Waals surface area contributed by atoms with Crippen LogP contribution in [0.3, 0.4) is 0 Å². The molecule has 1 heterocycles. The number of aromatic carboxylic acids is 1. The number of hydrogen-bond donors (Lipinski definition) is 1. The van der Waals surface area contributed by atoms with Gasteiger partial charge in [-0.25, -0.2) is 4.79 Å². The van der Waals surface area contributed by atoms with E-state index in [1.165, 1.54) is 53.1 Å². The molecule has 0 fully saturated rings. The van der Waals surface area contributed by atoms with E-state index in [-0.39, 0.29) is 5.56 Å². The highest BCUT2D eigenvalue weighted by molar-refractivity contribution is 8.03. The topological polar surface area (TPSA) is 106 Å². The second kappa shape index (κ2) is 6.20. The van der Waals surface area contributed by atoms with E-state index in [4.69, 9.17) is 5.11 Å². The average molecular weight is 329 g/mol. The molecule has 1 aromatic carbocycles. The highest BCUT2D eigenvalue weighted by atomic mass is 32.2. The summed E-state index contributed by atoms with van der Waals surface area (Å²) >= 11 is 4.06. The fourth-order valence-corrected chi connectivity index (χ4v) is 3.78. The minimum absolute atomic E-state index is 0.338. The Morgan fingerprint density at radius 1 is 1.40 bits per heavy atom. The van der Waals surface area contributed by atoms with E-state index in [2.05, 4.69) is 10.2 Å². The third-order valence-corrected chi connectivity index (χ3v) is 5.10. The quantitative estimate of drug-likeness (QED) is 0.507. The summed E-state index contributed by atoms with van der Waals surface area (Å²) in [6, 6.07) is 3.95. The van der Waals surface area contributed by atoms with E-state index < -0.39 is 16.6 Å². The molecule has 20 heavy (non-hydrogen) atoms. The second-order valence-electron chi connectivity index (χ2n) is 3.38. The molecule has 0 amide bonds. The molecule has 7 nitrogen and oxygen atoms in total. The Kier molecular flexibility index (Phi) is 4.57. The van der Waals surface area contributed by atoms with Crippen LogP contribution in [0, 0.1) is 10.1 Å². The summed E-state index contributed by atoms with van der Waals surface area (Å²) in [6.07, 6.45) is 1.88. The molecular weight excluding hydrogens is 322 g/mol. The zero-order valence-electron chi connectivity index (χ0n) is 9.97. The molecule has 10 heteroatoms. The van der Waals surface area contributed by atoms with Gasteiger partial charge in [0.15, 0.2) is 8.68 Å². The van der Waals surface area contributed by atoms with E-state index in [1.54, 1.807) is 0 Å². The highest BCUT2D eigenvalue weighted by Crippen LogP contribution is 2.34. The monoisotopic (exact) mass is 329 g/mol. The van der Waals surface area contributed by atoms with Gasteiger partial charge in [0.05, 0.1) is 4.92 Å². The number of nitrogens with zero attached hydrogens (tertiary/aromatic N) is 3. The van der Waals surface area contributed by atoms with E-state index in [0.717, 1.165) is 4.34 Å². The lowest BCUT2D eigenvalue weighted by atomic mass is 10.2. The van der Waals surface area contributed by atoms with E-state index in [1.807, 2.05) is 6.26 Å². The van der Waals surface area contributed by atoms with E-state index >= 15 is 0 Å². The van der Waals surface area contributed by atoms with Crippen molar-refractivity contribution in [3.8, 4) is 0 Å². The number of carbonyl (C=O) groups is 1. The molecule has 0 spiro atoms. The lowest BCUT2D eigenvalue weighted by Crippen LogP contribution is -2.02. The summed E-state index contributed by atoms with van der Waals surface area (Å²) in [5, 5.41) is 27.6. The van der Waals surface area contributed by atoms with Crippen molar-refractivity contribution in [2.45, 2.75) is 13.6 Å². The molecule has 1 aromatic heterocycles. The Morgan fingerprint density at radius 3 is 2.65 bits per heavy atom. The Hall–Kier alpha value is -1.65. The van der Waals surface area contributed by atoms with Crippen molar-refractivity contribution in [2.75, 3.05) is 6.26 Å². The number of rotatable bonds is 5. The fraction of sp³-hybridized carbons (Fsp3) is 0.100. The van der Waals surface area contributed by atoms with Gasteiger partial charge in [0.1, 0.15) is 5.56 Å². The number of nitro benzene ring substituents is 1. The zero-order chi connectivity index (χ0) is 14.7. The van der Waals surface area contributed by atoms with Gasteiger partial charge < -0.3 is 5.11 Å². The first kappa shape index (κ1) is 14.8. The maximum atomic E-state index is 11.0. The standard InChI is InChI=1S/C10H7N3O4S3/c1-18-9-11-12-10(20-9)19-5-2-3-7(13(16)17)6(4-5)8(14)15/h2-4H,1H3,(H,14,15). The van der Waals surface area contributed by atoms with Crippen molar-refractivity contribution in [2.24, 2.45) is 0 Å². The lowest BCUT2D eigenvalue weighted by molar-refractivity contribution is -0.385. The van der Waals surface area contributed by atoms with Gasteiger partial charge in [-0.1, -0.05) is 34.9 Å². The van der Waals surface area contributed by atoms with Crippen molar-refractivity contribution in [3.63, 3.8) is 0 Å². The van der Waals surface area contributed by atoms with Gasteiger partial charge >= 0.3 is 5.97 Å². The second-order valence-corrected chi connectivity index (χ2v) is 6.73. The van der Waals surface area contributed by atoms with Crippen molar-refractivity contribution in [1.82, 2.24) is 10.2 Å². The molecule has 0 aliphatic rings. The lowest BCUT2D eigenvalue weighted by Gasteiger charge is -2.01. The highest BCUT2D eigenvalue weighted by Gasteiger charge is 2.20. The molecule has 2 rings (SSSR count). The summed E-state index contributed by atoms with van der Waals surface area (Å²) in [7, 11) is 0. The molecular formula is C10H7N3O4S3. The van der Waals surface area contributed by atoms with Crippen molar-refractivity contribution < 1.29 is 14.8 Å². The molecule has 1 N–H and O–H groups in total. The third kappa shape index (κ3) is 3.26. The van der Waals surface area contributed by atoms with Crippen molar-refractivity contribution >= 4 is 46.5 Å². The summed E-state index contributed by atoms with van der Waals surface area (Å²) in [6.45, 7) is 0. The number of benzene rings is 1. The molecule has 0 atom stereocenters. The minimum Gasteiger partial charge on any atom is -0.477 e. The SMILES string of the molecule is CSc1nnc(Sc2ccc([N+](=O)[O-])c(C(=O)O)c2)s1. The smallest absolute Gasteiger partial charge is 0.342 e. The summed E-state index contributed by atoms with van der Waals surface area (Å²) in [5.74, 6) is -1.33. The van der Waals surface area contributed by atoms with Crippen LogP contribution in [0.4, 0.5) is 5.69 Å². The maximum absolute atomic E-state index is 11.0. The van der Waals surface area contributed by atoms with Crippen LogP contribution < -0.4 is 0 Å². The first-order valence-corrected chi connectivity index (χ1v) is 7.94. The zero-order valence-corrected chi connectivity index (χ0v) is 12.4. The third-order valence-electron chi connectivity index (χ3n) is 2.16. The van der Waals surface area contributed by atoms with Crippen LogP contribution in [0.25, 0.3) is 0 Å². The fourth-order valence-electron chi connectivity index (χ4n) is 1.33. The van der Waals surface area contributed by atoms with E-state index in [0.29, 0.717) is 9.24 Å². The summed E-state index contributed by atoms with van der Waals surface area (Å²) < 4.78 is 1.45. The van der Waals surface area contributed by atoms with Gasteiger partial charge in [-0.15, -0.1) is 10.2 Å². The average Bonchev–Trinajstić information content (AvgIpc) is 2.86. The number of thioether (sulfide) groups is 1. The maximum Gasteiger partial charge on any atom is 0.342 e. The molecule has 0 aliphatic heterocycles. The Balaban J connectivity index is 2.31. The molecule has 0 unspecified atom stereocenters. The Labute approximate surface area is 125 Å². The van der Waals surface area contributed by atoms with Crippen LogP contribution in [0.1, 0.15) is 10.4 Å². The normalized spacial score (nSPS) is 10.4. The number of carboxylic acid groups (broad SMARTS) is 1. The first-order valence-electron chi connectivity index (χ1n) is 5.08. The van der Waals surface area contributed by atoms with E-state index in [9.17, 15) is 14.9 Å². The molecule has 0 saturated carbocycles. The predicted octanol–water partition coefficient (Wildman–Crippen LogP) is 3.02. The molecule has 0 saturated heterocycles. The van der Waals surface area contributed by atoms with Gasteiger partial charge in [-0.2, -0.15) is 0 Å². The number of hydrogen-bond acceptors (Lipinski definition) is 8. The van der Waals surface area contributed by atoms with Crippen molar-refractivity contribution in [3.05, 3.63) is 33.9 Å². The van der Waals surface area contributed by atoms with Gasteiger partial charge in [0.2, 0.25) is 0 Å². The van der Waals surface area contributed by atoms with Gasteiger partial charge in [0, 0.05) is 11.0 Å². The van der Waals surface area contributed by atoms with Crippen LogP contribution in [0.5, 0.6) is 0 Å². The van der Waals surface area contributed by atoms with Crippen LogP contribution >= 0.6 is 34.9 Å². The first-order chi connectivity index (χ1) is 9.51. The van der Waals surface area contributed by atoms with Gasteiger partial charge in [-0.05, 0) is 18.4 Å². The Bertz CT molecular complexity index is 674. The van der Waals surface area contributed by atoms with Crippen LogP contribution in [0.15, 0.2) is 31.8 Å². The van der Waals surface area contributed by atoms with Crippen LogP contribution in [0.2, 0.25) is 0 Å². The predicted molar refractivity (Wildman–Crippen MR) is 75.9 cm³/mol. The summed E-state index contributed by atoms with van der Waals surface area (Å²) in [4.78, 5) is 21.6. The minimum atomic E-state index is -1.33. The number of nitro groups is 1.